The SMILES string of the molecule is CCN(CCOCCOC)CC1CCCN1. The third-order valence-corrected chi connectivity index (χ3v) is 3.07. The highest BCUT2D eigenvalue weighted by atomic mass is 16.5. The molecule has 1 rings (SSSR count). The molecule has 0 amide bonds. The van der Waals surface area contributed by atoms with Crippen molar-refractivity contribution in [2.75, 3.05) is 53.1 Å². The molecule has 0 spiro atoms. The zero-order valence-electron chi connectivity index (χ0n) is 10.7. The molecule has 0 bridgehead atoms. The molecule has 0 aromatic rings. The molecule has 0 aromatic carbocycles. The van der Waals surface area contributed by atoms with E-state index in [0.29, 0.717) is 19.3 Å². The fraction of sp³-hybridized carbons (Fsp3) is 1.00. The van der Waals surface area contributed by atoms with Gasteiger partial charge in [0, 0.05) is 26.2 Å². The van der Waals surface area contributed by atoms with Crippen LogP contribution in [0.1, 0.15) is 19.8 Å². The summed E-state index contributed by atoms with van der Waals surface area (Å²) in [5.74, 6) is 0. The van der Waals surface area contributed by atoms with Crippen LogP contribution in [0.25, 0.3) is 0 Å². The van der Waals surface area contributed by atoms with E-state index in [1.807, 2.05) is 0 Å². The number of nitrogens with one attached hydrogen (secondary N) is 1. The van der Waals surface area contributed by atoms with Crippen molar-refractivity contribution >= 4 is 0 Å². The second-order valence-corrected chi connectivity index (χ2v) is 4.29. The van der Waals surface area contributed by atoms with Crippen molar-refractivity contribution in [2.24, 2.45) is 0 Å². The van der Waals surface area contributed by atoms with Gasteiger partial charge in [0.2, 0.25) is 0 Å². The standard InChI is InChI=1S/C12H26N2O2/c1-3-14(7-8-16-10-9-15-2)11-12-5-4-6-13-12/h12-13H,3-11H2,1-2H3. The van der Waals surface area contributed by atoms with E-state index >= 15 is 0 Å². The summed E-state index contributed by atoms with van der Waals surface area (Å²) in [5, 5.41) is 3.53. The minimum atomic E-state index is 0.691. The Hall–Kier alpha value is -0.160. The Morgan fingerprint density at radius 3 is 2.81 bits per heavy atom. The Labute approximate surface area is 99.3 Å². The third kappa shape index (κ3) is 5.80. The topological polar surface area (TPSA) is 33.7 Å². The highest BCUT2D eigenvalue weighted by molar-refractivity contribution is 4.77. The predicted molar refractivity (Wildman–Crippen MR) is 65.8 cm³/mol. The summed E-state index contributed by atoms with van der Waals surface area (Å²) < 4.78 is 10.4. The van der Waals surface area contributed by atoms with E-state index in [4.69, 9.17) is 9.47 Å². The summed E-state index contributed by atoms with van der Waals surface area (Å²) in [6.45, 7) is 8.89. The molecule has 1 aliphatic heterocycles. The molecule has 16 heavy (non-hydrogen) atoms. The van der Waals surface area contributed by atoms with Gasteiger partial charge in [-0.15, -0.1) is 0 Å². The van der Waals surface area contributed by atoms with E-state index in [9.17, 15) is 0 Å². The molecule has 1 heterocycles. The Morgan fingerprint density at radius 2 is 2.19 bits per heavy atom. The molecule has 96 valence electrons. The first-order chi connectivity index (χ1) is 7.86. The molecule has 0 radical (unpaired) electrons. The zero-order chi connectivity index (χ0) is 11.6. The third-order valence-electron chi connectivity index (χ3n) is 3.07. The molecular weight excluding hydrogens is 204 g/mol. The molecule has 1 unspecified atom stereocenters. The van der Waals surface area contributed by atoms with Gasteiger partial charge in [-0.2, -0.15) is 0 Å². The lowest BCUT2D eigenvalue weighted by Crippen LogP contribution is -2.39. The molecule has 0 aliphatic carbocycles. The molecule has 1 N–H and O–H groups in total. The van der Waals surface area contributed by atoms with Gasteiger partial charge in [-0.25, -0.2) is 0 Å². The molecule has 0 aromatic heterocycles. The van der Waals surface area contributed by atoms with E-state index in [0.717, 1.165) is 26.2 Å². The number of rotatable bonds is 9. The molecule has 1 saturated heterocycles. The average Bonchev–Trinajstić information content (AvgIpc) is 2.80. The molecule has 1 aliphatic rings. The number of hydrogen-bond acceptors (Lipinski definition) is 4. The van der Waals surface area contributed by atoms with Crippen molar-refractivity contribution in [3.8, 4) is 0 Å². The van der Waals surface area contributed by atoms with Gasteiger partial charge in [-0.1, -0.05) is 6.92 Å². The largest absolute Gasteiger partial charge is 0.382 e. The lowest BCUT2D eigenvalue weighted by atomic mass is 10.2. The summed E-state index contributed by atoms with van der Waals surface area (Å²) in [7, 11) is 1.70. The molecule has 1 atom stereocenters. The van der Waals surface area contributed by atoms with Crippen molar-refractivity contribution in [2.45, 2.75) is 25.8 Å². The second kappa shape index (κ2) is 8.93. The summed E-state index contributed by atoms with van der Waals surface area (Å²) >= 11 is 0. The van der Waals surface area contributed by atoms with Crippen LogP contribution in [0.4, 0.5) is 0 Å². The van der Waals surface area contributed by atoms with Gasteiger partial charge in [0.15, 0.2) is 0 Å². The number of likely N-dealkylation sites (N-methyl/N-ethyl adjacent to an activating group) is 1. The molecular formula is C12H26N2O2. The van der Waals surface area contributed by atoms with Crippen molar-refractivity contribution in [3.05, 3.63) is 0 Å². The summed E-state index contributed by atoms with van der Waals surface area (Å²) in [5.41, 5.74) is 0. The zero-order valence-corrected chi connectivity index (χ0v) is 10.7. The minimum Gasteiger partial charge on any atom is -0.382 e. The highest BCUT2D eigenvalue weighted by Gasteiger charge is 2.16. The van der Waals surface area contributed by atoms with Gasteiger partial charge < -0.3 is 14.8 Å². The molecule has 4 heteroatoms. The minimum absolute atomic E-state index is 0.691. The smallest absolute Gasteiger partial charge is 0.0700 e. The van der Waals surface area contributed by atoms with Crippen LogP contribution in [0.15, 0.2) is 0 Å². The Morgan fingerprint density at radius 1 is 1.31 bits per heavy atom. The first-order valence-corrected chi connectivity index (χ1v) is 6.39. The van der Waals surface area contributed by atoms with Crippen LogP contribution in [0, 0.1) is 0 Å². The Kier molecular flexibility index (Phi) is 7.76. The Bertz CT molecular complexity index is 161. The van der Waals surface area contributed by atoms with Crippen LogP contribution in [0.5, 0.6) is 0 Å². The summed E-state index contributed by atoms with van der Waals surface area (Å²) in [6.07, 6.45) is 2.65. The first-order valence-electron chi connectivity index (χ1n) is 6.39. The monoisotopic (exact) mass is 230 g/mol. The number of ether oxygens (including phenoxy) is 2. The summed E-state index contributed by atoms with van der Waals surface area (Å²) in [4.78, 5) is 2.45. The van der Waals surface area contributed by atoms with Crippen LogP contribution in [-0.2, 0) is 9.47 Å². The van der Waals surface area contributed by atoms with Crippen molar-refractivity contribution in [1.29, 1.82) is 0 Å². The van der Waals surface area contributed by atoms with Gasteiger partial charge in [-0.05, 0) is 25.9 Å². The van der Waals surface area contributed by atoms with Crippen LogP contribution in [0.2, 0.25) is 0 Å². The van der Waals surface area contributed by atoms with Gasteiger partial charge >= 0.3 is 0 Å². The maximum Gasteiger partial charge on any atom is 0.0700 e. The first kappa shape index (κ1) is 13.9. The normalized spacial score (nSPS) is 20.8. The number of methoxy groups -OCH3 is 1. The summed E-state index contributed by atoms with van der Waals surface area (Å²) in [6, 6.07) is 0.693. The highest BCUT2D eigenvalue weighted by Crippen LogP contribution is 2.06. The Balaban J connectivity index is 2.01. The van der Waals surface area contributed by atoms with Crippen molar-refractivity contribution < 1.29 is 9.47 Å². The molecule has 1 fully saturated rings. The van der Waals surface area contributed by atoms with Crippen LogP contribution in [-0.4, -0.2) is 64.1 Å². The predicted octanol–water partition coefficient (Wildman–Crippen LogP) is 0.723. The molecule has 4 nitrogen and oxygen atoms in total. The molecule has 0 saturated carbocycles. The number of hydrogen-bond donors (Lipinski definition) is 1. The average molecular weight is 230 g/mol. The number of nitrogens with zero attached hydrogens (tertiary/aromatic N) is 1. The van der Waals surface area contributed by atoms with Crippen LogP contribution < -0.4 is 5.32 Å². The fourth-order valence-electron chi connectivity index (χ4n) is 2.04. The fourth-order valence-corrected chi connectivity index (χ4v) is 2.04. The lowest BCUT2D eigenvalue weighted by molar-refractivity contribution is 0.0568. The van der Waals surface area contributed by atoms with E-state index in [1.165, 1.54) is 19.4 Å². The quantitative estimate of drug-likeness (QED) is 0.592. The van der Waals surface area contributed by atoms with E-state index in [1.54, 1.807) is 7.11 Å². The van der Waals surface area contributed by atoms with E-state index < -0.39 is 0 Å². The van der Waals surface area contributed by atoms with Gasteiger partial charge in [0.05, 0.1) is 19.8 Å². The van der Waals surface area contributed by atoms with Crippen LogP contribution >= 0.6 is 0 Å². The second-order valence-electron chi connectivity index (χ2n) is 4.29. The van der Waals surface area contributed by atoms with Crippen molar-refractivity contribution in [1.82, 2.24) is 10.2 Å². The van der Waals surface area contributed by atoms with Gasteiger partial charge in [0.1, 0.15) is 0 Å². The van der Waals surface area contributed by atoms with E-state index in [-0.39, 0.29) is 0 Å². The van der Waals surface area contributed by atoms with Gasteiger partial charge in [0.25, 0.3) is 0 Å². The van der Waals surface area contributed by atoms with E-state index in [2.05, 4.69) is 17.1 Å². The maximum atomic E-state index is 5.48. The lowest BCUT2D eigenvalue weighted by Gasteiger charge is -2.23. The maximum absolute atomic E-state index is 5.48. The van der Waals surface area contributed by atoms with Gasteiger partial charge in [-0.3, -0.25) is 4.90 Å². The van der Waals surface area contributed by atoms with Crippen LogP contribution in [0.3, 0.4) is 0 Å². The van der Waals surface area contributed by atoms with Crippen molar-refractivity contribution in [3.63, 3.8) is 0 Å².